The van der Waals surface area contributed by atoms with Crippen molar-refractivity contribution in [3.63, 3.8) is 0 Å². The Labute approximate surface area is 160 Å². The van der Waals surface area contributed by atoms with Gasteiger partial charge in [0.15, 0.2) is 0 Å². The Balaban J connectivity index is 0. The van der Waals surface area contributed by atoms with Gasteiger partial charge in [-0.15, -0.1) is 0 Å². The summed E-state index contributed by atoms with van der Waals surface area (Å²) in [5.41, 5.74) is 0. The molecule has 7 nitrogen and oxygen atoms in total. The molecule has 0 aromatic heterocycles. The standard InChI is InChI=1S/C11H26O3P.C7H14O4/c1-5-13-8-10-15(3,4)11-9-14-7-6-12-2;1-2-10-5-6-11-4-3-7(8)9/h5-11H2,1-4H3;2-6H2,1H3,(H,8,9)/q+1;/p-1. The second-order valence-corrected chi connectivity index (χ2v) is 10.9. The van der Waals surface area contributed by atoms with Gasteiger partial charge in [-0.05, 0) is 13.8 Å². The Hall–Kier alpha value is -0.300. The van der Waals surface area contributed by atoms with Crippen molar-refractivity contribution in [3.05, 3.63) is 0 Å². The lowest BCUT2D eigenvalue weighted by Gasteiger charge is -2.17. The molecule has 0 fully saturated rings. The fourth-order valence-electron chi connectivity index (χ4n) is 1.64. The zero-order valence-corrected chi connectivity index (χ0v) is 18.2. The summed E-state index contributed by atoms with van der Waals surface area (Å²) in [5.74, 6) is -1.08. The fourth-order valence-corrected chi connectivity index (χ4v) is 3.11. The van der Waals surface area contributed by atoms with Crippen molar-refractivity contribution < 1.29 is 33.6 Å². The number of hydrogen-bond donors (Lipinski definition) is 0. The molecule has 0 saturated carbocycles. The average molecular weight is 398 g/mol. The van der Waals surface area contributed by atoms with E-state index in [1.807, 2.05) is 13.8 Å². The molecule has 26 heavy (non-hydrogen) atoms. The van der Waals surface area contributed by atoms with Crippen LogP contribution in [0.1, 0.15) is 20.3 Å². The summed E-state index contributed by atoms with van der Waals surface area (Å²) >= 11 is 0. The first kappa shape index (κ1) is 27.9. The SMILES string of the molecule is CCOCCOCCC(=O)[O-].CCOCC[P+](C)(C)CCOCCOC. The van der Waals surface area contributed by atoms with Gasteiger partial charge in [-0.3, -0.25) is 0 Å². The molecule has 0 aromatic carbocycles. The Morgan fingerprint density at radius 2 is 1.23 bits per heavy atom. The number of carbonyl (C=O) groups is 1. The molecule has 0 bridgehead atoms. The monoisotopic (exact) mass is 398 g/mol. The van der Waals surface area contributed by atoms with Gasteiger partial charge in [-0.1, -0.05) is 0 Å². The summed E-state index contributed by atoms with van der Waals surface area (Å²) < 4.78 is 25.6. The van der Waals surface area contributed by atoms with Gasteiger partial charge < -0.3 is 33.6 Å². The normalized spacial score (nSPS) is 11.1. The number of ether oxygens (including phenoxy) is 5. The van der Waals surface area contributed by atoms with E-state index in [2.05, 4.69) is 13.3 Å². The molecule has 0 unspecified atom stereocenters. The van der Waals surface area contributed by atoms with Gasteiger partial charge in [0, 0.05) is 53.3 Å². The van der Waals surface area contributed by atoms with E-state index in [0.717, 1.165) is 19.8 Å². The maximum atomic E-state index is 9.87. The van der Waals surface area contributed by atoms with Crippen molar-refractivity contribution in [2.75, 3.05) is 92.2 Å². The van der Waals surface area contributed by atoms with Crippen LogP contribution in [-0.2, 0) is 28.5 Å². The molecule has 0 spiro atoms. The maximum Gasteiger partial charge on any atom is 0.0823 e. The Bertz CT molecular complexity index is 301. The molecule has 0 heterocycles. The highest BCUT2D eigenvalue weighted by atomic mass is 31.2. The van der Waals surface area contributed by atoms with Crippen LogP contribution in [0.5, 0.6) is 0 Å². The van der Waals surface area contributed by atoms with Crippen LogP contribution in [0.15, 0.2) is 0 Å². The zero-order chi connectivity index (χ0) is 20.1. The number of methoxy groups -OCH3 is 1. The first-order valence-corrected chi connectivity index (χ1v) is 12.3. The molecule has 8 heteroatoms. The molecule has 0 atom stereocenters. The molecule has 0 aliphatic heterocycles. The van der Waals surface area contributed by atoms with Gasteiger partial charge in [-0.2, -0.15) is 0 Å². The smallest absolute Gasteiger partial charge is 0.0823 e. The van der Waals surface area contributed by atoms with Crippen molar-refractivity contribution in [2.24, 2.45) is 0 Å². The van der Waals surface area contributed by atoms with Gasteiger partial charge >= 0.3 is 0 Å². The van der Waals surface area contributed by atoms with Crippen LogP contribution in [0.25, 0.3) is 0 Å². The molecule has 0 saturated heterocycles. The molecule has 158 valence electrons. The first-order valence-electron chi connectivity index (χ1n) is 9.21. The van der Waals surface area contributed by atoms with Crippen molar-refractivity contribution in [1.29, 1.82) is 0 Å². The highest BCUT2D eigenvalue weighted by molar-refractivity contribution is 7.74. The van der Waals surface area contributed by atoms with Crippen LogP contribution < -0.4 is 5.11 Å². The minimum absolute atomic E-state index is 0.0495. The van der Waals surface area contributed by atoms with Crippen molar-refractivity contribution in [3.8, 4) is 0 Å². The number of carbonyl (C=O) groups excluding carboxylic acids is 1. The lowest BCUT2D eigenvalue weighted by atomic mass is 10.5. The topological polar surface area (TPSA) is 86.3 Å². The van der Waals surface area contributed by atoms with E-state index in [4.69, 9.17) is 23.7 Å². The molecular weight excluding hydrogens is 359 g/mol. The third-order valence-electron chi connectivity index (χ3n) is 3.34. The summed E-state index contributed by atoms with van der Waals surface area (Å²) in [6, 6.07) is 0. The Kier molecular flexibility index (Phi) is 22.6. The van der Waals surface area contributed by atoms with E-state index in [1.54, 1.807) is 7.11 Å². The van der Waals surface area contributed by atoms with Gasteiger partial charge in [0.2, 0.25) is 0 Å². The summed E-state index contributed by atoms with van der Waals surface area (Å²) in [6.45, 7) is 14.5. The van der Waals surface area contributed by atoms with E-state index in [-0.39, 0.29) is 13.0 Å². The molecule has 0 N–H and O–H groups in total. The minimum atomic E-state index is -1.08. The van der Waals surface area contributed by atoms with Crippen LogP contribution in [0.3, 0.4) is 0 Å². The molecule has 0 aromatic rings. The lowest BCUT2D eigenvalue weighted by Crippen LogP contribution is -2.23. The van der Waals surface area contributed by atoms with Crippen molar-refractivity contribution in [1.82, 2.24) is 0 Å². The predicted molar refractivity (Wildman–Crippen MR) is 105 cm³/mol. The van der Waals surface area contributed by atoms with Crippen LogP contribution in [-0.4, -0.2) is 98.2 Å². The van der Waals surface area contributed by atoms with Gasteiger partial charge in [-0.25, -0.2) is 0 Å². The largest absolute Gasteiger partial charge is 0.550 e. The second-order valence-electron chi connectivity index (χ2n) is 6.12. The number of carboxylic acid groups (broad SMARTS) is 1. The number of aliphatic carboxylic acids is 1. The predicted octanol–water partition coefficient (Wildman–Crippen LogP) is 1.14. The van der Waals surface area contributed by atoms with E-state index < -0.39 is 13.2 Å². The summed E-state index contributed by atoms with van der Waals surface area (Å²) in [6.07, 6.45) is 2.34. The van der Waals surface area contributed by atoms with Gasteiger partial charge in [0.25, 0.3) is 0 Å². The summed E-state index contributed by atoms with van der Waals surface area (Å²) in [4.78, 5) is 9.87. The van der Waals surface area contributed by atoms with E-state index in [1.165, 1.54) is 12.3 Å². The molecule has 0 aliphatic rings. The van der Waals surface area contributed by atoms with Crippen LogP contribution >= 0.6 is 7.26 Å². The Morgan fingerprint density at radius 3 is 1.77 bits per heavy atom. The molecule has 0 aliphatic carbocycles. The van der Waals surface area contributed by atoms with Crippen LogP contribution in [0.2, 0.25) is 0 Å². The van der Waals surface area contributed by atoms with Crippen LogP contribution in [0, 0.1) is 0 Å². The number of hydrogen-bond acceptors (Lipinski definition) is 7. The summed E-state index contributed by atoms with van der Waals surface area (Å²) in [7, 11) is 0.885. The third-order valence-corrected chi connectivity index (χ3v) is 6.13. The van der Waals surface area contributed by atoms with Crippen LogP contribution in [0.4, 0.5) is 0 Å². The summed E-state index contributed by atoms with van der Waals surface area (Å²) in [5, 5.41) is 9.87. The fraction of sp³-hybridized carbons (Fsp3) is 0.944. The minimum Gasteiger partial charge on any atom is -0.550 e. The third kappa shape index (κ3) is 25.9. The molecule has 0 rings (SSSR count). The number of carboxylic acids is 1. The van der Waals surface area contributed by atoms with Gasteiger partial charge in [0.1, 0.15) is 0 Å². The van der Waals surface area contributed by atoms with Crippen molar-refractivity contribution >= 4 is 13.2 Å². The Morgan fingerprint density at radius 1 is 0.769 bits per heavy atom. The molecular formula is C18H39O7P. The van der Waals surface area contributed by atoms with Crippen molar-refractivity contribution in [2.45, 2.75) is 20.3 Å². The van der Waals surface area contributed by atoms with E-state index in [9.17, 15) is 9.90 Å². The molecule has 0 radical (unpaired) electrons. The van der Waals surface area contributed by atoms with Gasteiger partial charge in [0.05, 0.1) is 58.6 Å². The quantitative estimate of drug-likeness (QED) is 0.268. The average Bonchev–Trinajstić information content (AvgIpc) is 2.58. The maximum absolute atomic E-state index is 9.87. The van der Waals surface area contributed by atoms with E-state index in [0.29, 0.717) is 33.0 Å². The molecule has 0 amide bonds. The zero-order valence-electron chi connectivity index (χ0n) is 17.3. The second kappa shape index (κ2) is 21.0. The highest BCUT2D eigenvalue weighted by Gasteiger charge is 2.23. The number of rotatable bonds is 17. The lowest BCUT2D eigenvalue weighted by molar-refractivity contribution is -0.306. The van der Waals surface area contributed by atoms with E-state index >= 15 is 0 Å². The first-order chi connectivity index (χ1) is 12.4. The highest BCUT2D eigenvalue weighted by Crippen LogP contribution is 2.50.